The van der Waals surface area contributed by atoms with Crippen molar-refractivity contribution in [2.24, 2.45) is 0 Å². The van der Waals surface area contributed by atoms with Gasteiger partial charge in [-0.15, -0.1) is 0 Å². The molecule has 184 valence electrons. The van der Waals surface area contributed by atoms with Crippen molar-refractivity contribution in [3.63, 3.8) is 0 Å². The van der Waals surface area contributed by atoms with E-state index in [1.165, 1.54) is 0 Å². The van der Waals surface area contributed by atoms with Crippen molar-refractivity contribution in [2.45, 2.75) is 31.4 Å². The Bertz CT molecular complexity index is 1230. The molecule has 0 aliphatic carbocycles. The van der Waals surface area contributed by atoms with Crippen LogP contribution >= 0.6 is 23.5 Å². The first-order valence-electron chi connectivity index (χ1n) is 11.1. The summed E-state index contributed by atoms with van der Waals surface area (Å²) in [4.78, 5) is 49.7. The molecule has 0 aliphatic heterocycles. The largest absolute Gasteiger partial charge is 0.335 e. The fourth-order valence-corrected chi connectivity index (χ4v) is 4.82. The Balaban J connectivity index is 1.80. The summed E-state index contributed by atoms with van der Waals surface area (Å²) in [5.41, 5.74) is 3.71. The summed E-state index contributed by atoms with van der Waals surface area (Å²) in [5, 5.41) is 2.90. The van der Waals surface area contributed by atoms with E-state index in [4.69, 9.17) is 9.79 Å². The highest BCUT2D eigenvalue weighted by Crippen LogP contribution is 2.39. The highest BCUT2D eigenvalue weighted by Gasteiger charge is 2.21. The van der Waals surface area contributed by atoms with E-state index in [1.807, 2.05) is 19.9 Å². The van der Waals surface area contributed by atoms with Crippen molar-refractivity contribution in [3.8, 4) is 0 Å². The maximum atomic E-state index is 13.2. The number of benzene rings is 2. The minimum absolute atomic E-state index is 0.237. The van der Waals surface area contributed by atoms with Crippen LogP contribution in [0.2, 0.25) is 0 Å². The van der Waals surface area contributed by atoms with Gasteiger partial charge < -0.3 is 20.0 Å². The van der Waals surface area contributed by atoms with Gasteiger partial charge in [-0.3, -0.25) is 19.1 Å². The number of halogens is 1. The number of carbonyl (C=O) groups is 2. The molecule has 3 aromatic rings. The number of amides is 2. The molecule has 1 unspecified atom stereocenters. The predicted molar refractivity (Wildman–Crippen MR) is 139 cm³/mol. The van der Waals surface area contributed by atoms with Crippen molar-refractivity contribution in [1.82, 2.24) is 10.3 Å². The molecule has 3 N–H and O–H groups in total. The third-order valence-electron chi connectivity index (χ3n) is 5.40. The minimum Gasteiger partial charge on any atom is -0.335 e. The average Bonchev–Trinajstić information content (AvgIpc) is 2.84. The number of hydrogen-bond donors (Lipinski definition) is 3. The fraction of sp³-hybridized carbons (Fsp3) is 0.240. The Morgan fingerprint density at radius 3 is 2.34 bits per heavy atom. The summed E-state index contributed by atoms with van der Waals surface area (Å²) >= 11 is 3.47. The Hall–Kier alpha value is -2.84. The van der Waals surface area contributed by atoms with E-state index in [-0.39, 0.29) is 18.0 Å². The molecule has 1 atom stereocenters. The van der Waals surface area contributed by atoms with Gasteiger partial charge in [-0.25, -0.2) is 0 Å². The zero-order valence-corrected chi connectivity index (χ0v) is 21.9. The second kappa shape index (κ2) is 11.7. The van der Waals surface area contributed by atoms with Gasteiger partial charge >= 0.3 is 7.60 Å². The van der Waals surface area contributed by atoms with E-state index >= 15 is 0 Å². The molecule has 10 heteroatoms. The number of pyridine rings is 1. The number of alkyl halides is 1. The van der Waals surface area contributed by atoms with Gasteiger partial charge in [0.05, 0.1) is 6.16 Å². The van der Waals surface area contributed by atoms with E-state index in [0.29, 0.717) is 35.3 Å². The summed E-state index contributed by atoms with van der Waals surface area (Å²) in [6.07, 6.45) is 3.57. The van der Waals surface area contributed by atoms with Crippen LogP contribution < -0.4 is 10.2 Å². The number of aryl methyl sites for hydroxylation is 1. The second-order valence-corrected chi connectivity index (χ2v) is 10.4. The highest BCUT2D eigenvalue weighted by molar-refractivity contribution is 9.09. The van der Waals surface area contributed by atoms with E-state index in [2.05, 4.69) is 26.2 Å². The van der Waals surface area contributed by atoms with Crippen molar-refractivity contribution in [3.05, 3.63) is 94.8 Å². The molecule has 0 bridgehead atoms. The first-order chi connectivity index (χ1) is 16.6. The van der Waals surface area contributed by atoms with Crippen LogP contribution in [-0.4, -0.2) is 33.1 Å². The van der Waals surface area contributed by atoms with Gasteiger partial charge in [0.2, 0.25) is 0 Å². The maximum Gasteiger partial charge on any atom is 0.329 e. The lowest BCUT2D eigenvalue weighted by Gasteiger charge is -2.24. The van der Waals surface area contributed by atoms with E-state index in [9.17, 15) is 14.2 Å². The average molecular weight is 560 g/mol. The quantitative estimate of drug-likeness (QED) is 0.196. The molecule has 8 nitrogen and oxygen atoms in total. The number of nitrogens with zero attached hydrogens (tertiary/aromatic N) is 2. The molecular weight excluding hydrogens is 533 g/mol. The van der Waals surface area contributed by atoms with Gasteiger partial charge in [0.1, 0.15) is 4.95 Å². The van der Waals surface area contributed by atoms with Crippen LogP contribution in [0.1, 0.15) is 56.2 Å². The number of aromatic nitrogens is 1. The zero-order valence-electron chi connectivity index (χ0n) is 19.4. The number of hydrogen-bond acceptors (Lipinski definition) is 4. The van der Waals surface area contributed by atoms with Gasteiger partial charge in [-0.1, -0.05) is 41.1 Å². The number of rotatable bonds is 9. The first-order valence-corrected chi connectivity index (χ1v) is 13.8. The van der Waals surface area contributed by atoms with Crippen LogP contribution in [0.4, 0.5) is 5.69 Å². The third kappa shape index (κ3) is 7.08. The van der Waals surface area contributed by atoms with Gasteiger partial charge in [-0.05, 0) is 60.9 Å². The van der Waals surface area contributed by atoms with E-state index in [1.54, 1.807) is 65.8 Å². The molecule has 0 saturated heterocycles. The Labute approximate surface area is 212 Å². The van der Waals surface area contributed by atoms with Crippen LogP contribution in [-0.2, 0) is 17.1 Å². The van der Waals surface area contributed by atoms with Crippen LogP contribution in [0, 0.1) is 0 Å². The number of nitrogens with one attached hydrogen (secondary N) is 1. The normalized spacial score (nSPS) is 12.1. The van der Waals surface area contributed by atoms with Crippen molar-refractivity contribution in [1.29, 1.82) is 0 Å². The Kier molecular flexibility index (Phi) is 8.97. The van der Waals surface area contributed by atoms with Gasteiger partial charge in [-0.2, -0.15) is 0 Å². The third-order valence-corrected chi connectivity index (χ3v) is 6.93. The summed E-state index contributed by atoms with van der Waals surface area (Å²) in [7, 11) is -4.18. The lowest BCUT2D eigenvalue weighted by atomic mass is 10.0. The summed E-state index contributed by atoms with van der Waals surface area (Å²) < 4.78 is 11.2. The predicted octanol–water partition coefficient (Wildman–Crippen LogP) is 4.81. The topological polar surface area (TPSA) is 120 Å². The van der Waals surface area contributed by atoms with Crippen molar-refractivity contribution >= 4 is 41.0 Å². The van der Waals surface area contributed by atoms with Gasteiger partial charge in [0.15, 0.2) is 0 Å². The highest BCUT2D eigenvalue weighted by atomic mass is 79.9. The summed E-state index contributed by atoms with van der Waals surface area (Å²) in [6, 6.07) is 15.1. The molecule has 0 aliphatic rings. The standard InChI is InChI=1S/C25H27BrN3O5P/c1-3-18-14-20(24(30)28-23(26)21-6-5-13-27-15-21)11-12-22(18)29(4-2)25(31)19-9-7-17(8-10-19)16-35(32,33)34/h5-15,23H,3-4,16H2,1-2H3,(H,28,30)(H2,32,33,34). The smallest absolute Gasteiger partial charge is 0.329 e. The van der Waals surface area contributed by atoms with E-state index < -0.39 is 12.5 Å². The zero-order chi connectivity index (χ0) is 25.6. The summed E-state index contributed by atoms with van der Waals surface area (Å²) in [5.74, 6) is -0.494. The molecule has 0 fully saturated rings. The Morgan fingerprint density at radius 2 is 1.77 bits per heavy atom. The lowest BCUT2D eigenvalue weighted by Crippen LogP contribution is -2.32. The molecule has 0 spiro atoms. The molecular formula is C25H27BrN3O5P. The van der Waals surface area contributed by atoms with Crippen LogP contribution in [0.3, 0.4) is 0 Å². The molecule has 1 aromatic heterocycles. The maximum absolute atomic E-state index is 13.2. The number of anilines is 1. The van der Waals surface area contributed by atoms with Crippen molar-refractivity contribution < 1.29 is 23.9 Å². The monoisotopic (exact) mass is 559 g/mol. The molecule has 2 amide bonds. The second-order valence-electron chi connectivity index (χ2n) is 7.89. The molecule has 2 aromatic carbocycles. The van der Waals surface area contributed by atoms with Crippen LogP contribution in [0.25, 0.3) is 0 Å². The van der Waals surface area contributed by atoms with Crippen LogP contribution in [0.15, 0.2) is 67.0 Å². The van der Waals surface area contributed by atoms with Gasteiger partial charge in [0.25, 0.3) is 11.8 Å². The Morgan fingerprint density at radius 1 is 1.09 bits per heavy atom. The number of carbonyl (C=O) groups excluding carboxylic acids is 2. The SMILES string of the molecule is CCc1cc(C(=O)NC(Br)c2cccnc2)ccc1N(CC)C(=O)c1ccc(CP(=O)(O)O)cc1. The van der Waals surface area contributed by atoms with Crippen LogP contribution in [0.5, 0.6) is 0 Å². The molecule has 1 heterocycles. The van der Waals surface area contributed by atoms with Crippen molar-refractivity contribution in [2.75, 3.05) is 11.4 Å². The summed E-state index contributed by atoms with van der Waals surface area (Å²) in [6.45, 7) is 4.23. The molecule has 3 rings (SSSR count). The van der Waals surface area contributed by atoms with E-state index in [0.717, 1.165) is 11.1 Å². The fourth-order valence-electron chi connectivity index (χ4n) is 3.65. The minimum atomic E-state index is -4.18. The molecule has 0 radical (unpaired) electrons. The molecule has 35 heavy (non-hydrogen) atoms. The first kappa shape index (κ1) is 26.8. The lowest BCUT2D eigenvalue weighted by molar-refractivity contribution is 0.0949. The van der Waals surface area contributed by atoms with Gasteiger partial charge in [0, 0.05) is 41.3 Å². The molecule has 0 saturated carbocycles.